The molecule has 5 aromatic carbocycles. The number of anilines is 2. The lowest BCUT2D eigenvalue weighted by molar-refractivity contribution is -0.126. The van der Waals surface area contributed by atoms with E-state index in [2.05, 4.69) is 15.9 Å². The number of allylic oxidation sites excluding steroid dienone is 2. The summed E-state index contributed by atoms with van der Waals surface area (Å²) in [5.74, 6) is -2.94. The molecule has 0 aromatic heterocycles. The first-order chi connectivity index (χ1) is 31.0. The first kappa shape index (κ1) is 42.4. The number of hydrogen-bond donors (Lipinski definition) is 1. The Hall–Kier alpha value is -6.92. The molecular weight excluding hydrogens is 876 g/mol. The number of fused-ring (bicyclic) bond motifs is 4. The average Bonchev–Trinajstić information content (AvgIpc) is 3.73. The van der Waals surface area contributed by atoms with Gasteiger partial charge in [0.2, 0.25) is 23.6 Å². The summed E-state index contributed by atoms with van der Waals surface area (Å²) in [5.41, 5.74) is 5.48. The predicted octanol–water partition coefficient (Wildman–Crippen LogP) is 9.58. The van der Waals surface area contributed by atoms with Gasteiger partial charge in [0, 0.05) is 27.1 Å². The number of benzene rings is 5. The highest BCUT2D eigenvalue weighted by molar-refractivity contribution is 9.10. The van der Waals surface area contributed by atoms with Crippen molar-refractivity contribution in [3.8, 4) is 28.7 Å². The molecule has 4 aliphatic rings. The number of phenols is 1. The summed E-state index contributed by atoms with van der Waals surface area (Å²) in [5, 5.41) is 11.4. The lowest BCUT2D eigenvalue weighted by Crippen LogP contribution is -2.43. The Morgan fingerprint density at radius 1 is 0.562 bits per heavy atom. The molecule has 64 heavy (non-hydrogen) atoms. The van der Waals surface area contributed by atoms with Crippen molar-refractivity contribution in [2.24, 2.45) is 29.6 Å². The number of carbonyl (C=O) groups excluding carboxylic acids is 4. The topological polar surface area (TPSA) is 132 Å². The van der Waals surface area contributed by atoms with E-state index >= 15 is 0 Å². The zero-order chi connectivity index (χ0) is 44.8. The van der Waals surface area contributed by atoms with E-state index in [1.165, 1.54) is 9.80 Å². The number of halogens is 1. The van der Waals surface area contributed by atoms with Crippen molar-refractivity contribution in [3.63, 3.8) is 0 Å². The Kier molecular flexibility index (Phi) is 11.5. The number of methoxy groups -OCH3 is 4. The third kappa shape index (κ3) is 7.45. The fraction of sp³-hybridized carbons (Fsp3) is 0.231. The monoisotopic (exact) mass is 920 g/mol. The summed E-state index contributed by atoms with van der Waals surface area (Å²) < 4.78 is 22.5. The molecule has 6 atom stereocenters. The van der Waals surface area contributed by atoms with E-state index in [1.54, 1.807) is 70.9 Å². The maximum atomic E-state index is 14.7. The molecule has 0 radical (unpaired) electrons. The molecule has 2 saturated heterocycles. The molecule has 2 heterocycles. The minimum atomic E-state index is -0.840. The number of rotatable bonds is 11. The van der Waals surface area contributed by atoms with Crippen LogP contribution in [0, 0.1) is 29.6 Å². The molecule has 1 saturated carbocycles. The summed E-state index contributed by atoms with van der Waals surface area (Å²) in [6.45, 7) is 0. The van der Waals surface area contributed by atoms with Crippen LogP contribution in [0.5, 0.6) is 28.7 Å². The molecule has 1 N–H and O–H groups in total. The first-order valence-electron chi connectivity index (χ1n) is 21.0. The van der Waals surface area contributed by atoms with E-state index in [-0.39, 0.29) is 42.2 Å². The van der Waals surface area contributed by atoms with E-state index < -0.39 is 35.5 Å². The zero-order valence-corrected chi connectivity index (χ0v) is 37.2. The molecule has 0 unspecified atom stereocenters. The molecule has 0 spiro atoms. The average molecular weight is 922 g/mol. The van der Waals surface area contributed by atoms with Gasteiger partial charge < -0.3 is 24.1 Å². The van der Waals surface area contributed by atoms with Gasteiger partial charge in [-0.15, -0.1) is 0 Å². The van der Waals surface area contributed by atoms with Crippen molar-refractivity contribution in [1.29, 1.82) is 0 Å². The number of hydrogen-bond acceptors (Lipinski definition) is 9. The maximum Gasteiger partial charge on any atom is 0.238 e. The van der Waals surface area contributed by atoms with E-state index in [0.717, 1.165) is 27.8 Å². The van der Waals surface area contributed by atoms with Gasteiger partial charge in [0.05, 0.1) is 63.5 Å². The zero-order valence-electron chi connectivity index (χ0n) is 35.6. The van der Waals surface area contributed by atoms with Crippen LogP contribution in [0.4, 0.5) is 11.4 Å². The van der Waals surface area contributed by atoms with Gasteiger partial charge in [0.1, 0.15) is 28.7 Å². The Morgan fingerprint density at radius 2 is 1.08 bits per heavy atom. The Labute approximate surface area is 379 Å². The van der Waals surface area contributed by atoms with Crippen molar-refractivity contribution in [2.45, 2.75) is 18.8 Å². The van der Waals surface area contributed by atoms with Crippen LogP contribution < -0.4 is 28.7 Å². The van der Waals surface area contributed by atoms with Crippen molar-refractivity contribution >= 4 is 75.2 Å². The van der Waals surface area contributed by atoms with Crippen LogP contribution in [0.15, 0.2) is 119 Å². The second kappa shape index (κ2) is 17.3. The number of ether oxygens (including phenoxy) is 4. The smallest absolute Gasteiger partial charge is 0.238 e. The fourth-order valence-corrected chi connectivity index (χ4v) is 10.4. The van der Waals surface area contributed by atoms with Crippen LogP contribution in [0.2, 0.25) is 0 Å². The normalized spacial score (nSPS) is 22.7. The summed E-state index contributed by atoms with van der Waals surface area (Å²) in [6.07, 6.45) is 10.1. The lowest BCUT2D eigenvalue weighted by Gasteiger charge is -2.44. The lowest BCUT2D eigenvalue weighted by atomic mass is 9.57. The fourth-order valence-electron chi connectivity index (χ4n) is 10.0. The number of amides is 4. The van der Waals surface area contributed by atoms with E-state index in [4.69, 9.17) is 18.9 Å². The minimum Gasteiger partial charge on any atom is -0.508 e. The van der Waals surface area contributed by atoms with E-state index in [1.807, 2.05) is 91.0 Å². The first-order valence-corrected chi connectivity index (χ1v) is 21.8. The second-order valence-electron chi connectivity index (χ2n) is 16.3. The number of carbonyl (C=O) groups is 4. The van der Waals surface area contributed by atoms with Gasteiger partial charge in [-0.1, -0.05) is 76.1 Å². The van der Waals surface area contributed by atoms with Crippen LogP contribution in [-0.4, -0.2) is 57.2 Å². The molecule has 2 aliphatic carbocycles. The minimum absolute atomic E-state index is 0.0208. The molecule has 0 bridgehead atoms. The molecule has 9 rings (SSSR count). The molecule has 12 heteroatoms. The van der Waals surface area contributed by atoms with Gasteiger partial charge in [-0.25, -0.2) is 0 Å². The van der Waals surface area contributed by atoms with Crippen LogP contribution in [0.1, 0.15) is 46.6 Å². The Bertz CT molecular complexity index is 2780. The summed E-state index contributed by atoms with van der Waals surface area (Å²) in [7, 11) is 6.41. The van der Waals surface area contributed by atoms with Crippen molar-refractivity contribution in [3.05, 3.63) is 147 Å². The van der Waals surface area contributed by atoms with Crippen LogP contribution in [-0.2, 0) is 19.2 Å². The molecule has 11 nitrogen and oxygen atoms in total. The Morgan fingerprint density at radius 3 is 1.59 bits per heavy atom. The van der Waals surface area contributed by atoms with Gasteiger partial charge in [0.25, 0.3) is 0 Å². The Balaban J connectivity index is 1.00. The highest BCUT2D eigenvalue weighted by Crippen LogP contribution is 2.59. The highest BCUT2D eigenvalue weighted by Gasteiger charge is 2.62. The molecule has 324 valence electrons. The summed E-state index contributed by atoms with van der Waals surface area (Å²) in [6, 6.07) is 30.5. The van der Waals surface area contributed by atoms with E-state index in [9.17, 15) is 24.3 Å². The van der Waals surface area contributed by atoms with Gasteiger partial charge in [0.15, 0.2) is 0 Å². The molecule has 3 fully saturated rings. The summed E-state index contributed by atoms with van der Waals surface area (Å²) in [4.78, 5) is 60.8. The third-order valence-electron chi connectivity index (χ3n) is 13.1. The second-order valence-corrected chi connectivity index (χ2v) is 17.2. The van der Waals surface area contributed by atoms with Crippen LogP contribution in [0.3, 0.4) is 0 Å². The third-order valence-corrected chi connectivity index (χ3v) is 13.6. The molecule has 2 aliphatic heterocycles. The van der Waals surface area contributed by atoms with Gasteiger partial charge in [-0.05, 0) is 109 Å². The highest BCUT2D eigenvalue weighted by atomic mass is 79.9. The molecule has 4 amide bonds. The molecule has 5 aromatic rings. The summed E-state index contributed by atoms with van der Waals surface area (Å²) >= 11 is 3.55. The predicted molar refractivity (Wildman–Crippen MR) is 248 cm³/mol. The van der Waals surface area contributed by atoms with Crippen LogP contribution >= 0.6 is 15.9 Å². The van der Waals surface area contributed by atoms with Gasteiger partial charge >= 0.3 is 0 Å². The number of phenolic OH excluding ortho intramolecular Hbond substituents is 1. The van der Waals surface area contributed by atoms with Crippen LogP contribution in [0.25, 0.3) is 24.3 Å². The standard InChI is InChI=1S/C52H45BrN2O9/c1-61-36-18-23-44(63-3)31(25-36)11-5-29-7-14-34(15-8-29)54-49(57)39-21-20-38-40(47(39)51(54)59)28-42-48(46(38)41-27-33(53)13-22-43(41)56)52(60)55(50(42)58)35-16-9-30(10-17-35)6-12-32-26-37(62-2)19-24-45(32)64-4/h5-20,22-27,39-40,42,46-48,56H,21,28H2,1-4H3/t39-,40+,42+,46+,47-,48+/m0/s1. The van der Waals surface area contributed by atoms with Crippen molar-refractivity contribution < 1.29 is 43.2 Å². The van der Waals surface area contributed by atoms with Gasteiger partial charge in [-0.3, -0.25) is 29.0 Å². The number of imide groups is 2. The van der Waals surface area contributed by atoms with Gasteiger partial charge in [-0.2, -0.15) is 0 Å². The quantitative estimate of drug-likeness (QED) is 0.0782. The number of aromatic hydroxyl groups is 1. The SMILES string of the molecule is COc1ccc(OC)c(C=Cc2ccc(N3C(=O)[C@H]4[C@H](CC=C5[C@H]4C[C@H]4C(=O)N(c6ccc(C=Cc7cc(OC)ccc7OC)cc6)C(=O)[C@H]4[C@H]5c4cc(Br)ccc4O)C3=O)cc2)c1. The van der Waals surface area contributed by atoms with E-state index in [0.29, 0.717) is 44.4 Å². The van der Waals surface area contributed by atoms with Crippen molar-refractivity contribution in [1.82, 2.24) is 0 Å². The maximum absolute atomic E-state index is 14.7. The largest absolute Gasteiger partial charge is 0.508 e. The van der Waals surface area contributed by atoms with Crippen molar-refractivity contribution in [2.75, 3.05) is 38.2 Å². The molecular formula is C52H45BrN2O9. The number of nitrogens with zero attached hydrogens (tertiary/aromatic N) is 2.